The maximum Gasteiger partial charge on any atom is 0.254 e. The summed E-state index contributed by atoms with van der Waals surface area (Å²) in [5, 5.41) is 3.00. The fourth-order valence-electron chi connectivity index (χ4n) is 3.00. The van der Waals surface area contributed by atoms with Gasteiger partial charge in [-0.1, -0.05) is 36.4 Å². The number of amides is 1. The van der Waals surface area contributed by atoms with Crippen LogP contribution in [-0.2, 0) is 16.0 Å². The van der Waals surface area contributed by atoms with Crippen LogP contribution in [0.25, 0.3) is 0 Å². The van der Waals surface area contributed by atoms with Crippen molar-refractivity contribution in [3.8, 4) is 5.75 Å². The van der Waals surface area contributed by atoms with Gasteiger partial charge in [0.1, 0.15) is 5.75 Å². The Kier molecular flexibility index (Phi) is 5.13. The van der Waals surface area contributed by atoms with Crippen molar-refractivity contribution in [2.75, 3.05) is 20.3 Å². The second-order valence-corrected chi connectivity index (χ2v) is 5.77. The summed E-state index contributed by atoms with van der Waals surface area (Å²) in [7, 11) is 1.61. The normalized spacial score (nSPS) is 17.7. The molecule has 0 saturated heterocycles. The number of ether oxygens (including phenoxy) is 2. The molecule has 0 aliphatic carbocycles. The zero-order chi connectivity index (χ0) is 16.9. The number of carbonyl (C=O) groups excluding carboxylic acids is 1. The van der Waals surface area contributed by atoms with E-state index in [1.165, 1.54) is 0 Å². The molecule has 5 nitrogen and oxygen atoms in total. The van der Waals surface area contributed by atoms with Crippen molar-refractivity contribution in [2.24, 2.45) is 5.73 Å². The van der Waals surface area contributed by atoms with Crippen LogP contribution in [0.3, 0.4) is 0 Å². The van der Waals surface area contributed by atoms with Gasteiger partial charge in [0, 0.05) is 6.54 Å². The molecular formula is C19H22N2O3. The summed E-state index contributed by atoms with van der Waals surface area (Å²) in [4.78, 5) is 12.7. The molecule has 1 aliphatic heterocycles. The number of methoxy groups -OCH3 is 1. The van der Waals surface area contributed by atoms with E-state index in [0.717, 1.165) is 28.9 Å². The second-order valence-electron chi connectivity index (χ2n) is 5.77. The molecule has 2 aromatic carbocycles. The van der Waals surface area contributed by atoms with Gasteiger partial charge >= 0.3 is 0 Å². The van der Waals surface area contributed by atoms with E-state index in [4.69, 9.17) is 15.2 Å². The Bertz CT molecular complexity index is 717. The van der Waals surface area contributed by atoms with Gasteiger partial charge in [-0.25, -0.2) is 0 Å². The molecule has 1 heterocycles. The molecule has 1 amide bonds. The van der Waals surface area contributed by atoms with Crippen molar-refractivity contribution in [3.05, 3.63) is 65.2 Å². The van der Waals surface area contributed by atoms with Gasteiger partial charge in [-0.3, -0.25) is 4.79 Å². The zero-order valence-electron chi connectivity index (χ0n) is 13.7. The fraction of sp³-hybridized carbons (Fsp3) is 0.316. The van der Waals surface area contributed by atoms with Crippen molar-refractivity contribution in [2.45, 2.75) is 18.6 Å². The average Bonchev–Trinajstić information content (AvgIpc) is 2.65. The molecule has 24 heavy (non-hydrogen) atoms. The standard InChI is InChI=1S/C19H22N2O3/c1-23-15-7-4-6-14(11-15)17(12-20)21-19(22)18-16-8-3-2-5-13(16)9-10-24-18/h2-8,11,17-18H,9-10,12,20H2,1H3,(H,21,22). The first-order valence-corrected chi connectivity index (χ1v) is 8.06. The van der Waals surface area contributed by atoms with Gasteiger partial charge in [0.2, 0.25) is 0 Å². The Hall–Kier alpha value is -2.37. The predicted molar refractivity (Wildman–Crippen MR) is 91.8 cm³/mol. The van der Waals surface area contributed by atoms with Crippen molar-refractivity contribution in [3.63, 3.8) is 0 Å². The molecule has 0 bridgehead atoms. The summed E-state index contributed by atoms with van der Waals surface area (Å²) in [5.41, 5.74) is 8.88. The van der Waals surface area contributed by atoms with Crippen LogP contribution in [0.2, 0.25) is 0 Å². The molecule has 2 unspecified atom stereocenters. The molecule has 2 aromatic rings. The first-order chi connectivity index (χ1) is 11.7. The summed E-state index contributed by atoms with van der Waals surface area (Å²) in [6, 6.07) is 15.2. The van der Waals surface area contributed by atoms with Gasteiger partial charge in [-0.05, 0) is 35.2 Å². The minimum Gasteiger partial charge on any atom is -0.497 e. The summed E-state index contributed by atoms with van der Waals surface area (Å²) < 4.78 is 11.0. The molecule has 5 heteroatoms. The van der Waals surface area contributed by atoms with Crippen LogP contribution in [-0.4, -0.2) is 26.2 Å². The summed E-state index contributed by atoms with van der Waals surface area (Å²) in [6.45, 7) is 0.842. The maximum absolute atomic E-state index is 12.7. The van der Waals surface area contributed by atoms with Crippen LogP contribution in [0, 0.1) is 0 Å². The summed E-state index contributed by atoms with van der Waals surface area (Å²) in [5.74, 6) is 0.569. The lowest BCUT2D eigenvalue weighted by Crippen LogP contribution is -2.38. The number of hydrogen-bond donors (Lipinski definition) is 2. The third-order valence-corrected chi connectivity index (χ3v) is 4.28. The Balaban J connectivity index is 1.78. The van der Waals surface area contributed by atoms with Crippen molar-refractivity contribution in [1.82, 2.24) is 5.32 Å². The Morgan fingerprint density at radius 2 is 2.17 bits per heavy atom. The van der Waals surface area contributed by atoms with Gasteiger partial charge in [0.25, 0.3) is 5.91 Å². The third kappa shape index (κ3) is 3.42. The predicted octanol–water partition coefficient (Wildman–Crippen LogP) is 2.13. The molecule has 2 atom stereocenters. The van der Waals surface area contributed by atoms with Crippen LogP contribution in [0.15, 0.2) is 48.5 Å². The zero-order valence-corrected chi connectivity index (χ0v) is 13.7. The smallest absolute Gasteiger partial charge is 0.254 e. The Morgan fingerprint density at radius 3 is 2.96 bits per heavy atom. The lowest BCUT2D eigenvalue weighted by atomic mass is 9.96. The van der Waals surface area contributed by atoms with Gasteiger partial charge in [-0.2, -0.15) is 0 Å². The molecule has 0 radical (unpaired) electrons. The van der Waals surface area contributed by atoms with Gasteiger partial charge in [-0.15, -0.1) is 0 Å². The van der Waals surface area contributed by atoms with Gasteiger partial charge in [0.15, 0.2) is 6.10 Å². The highest BCUT2D eigenvalue weighted by atomic mass is 16.5. The van der Waals surface area contributed by atoms with Gasteiger partial charge < -0.3 is 20.5 Å². The van der Waals surface area contributed by atoms with Crippen LogP contribution in [0.5, 0.6) is 5.75 Å². The lowest BCUT2D eigenvalue weighted by Gasteiger charge is -2.27. The maximum atomic E-state index is 12.7. The molecule has 0 aromatic heterocycles. The van der Waals surface area contributed by atoms with Crippen LogP contribution in [0.4, 0.5) is 0 Å². The second kappa shape index (κ2) is 7.47. The number of nitrogens with two attached hydrogens (primary N) is 1. The van der Waals surface area contributed by atoms with E-state index in [1.54, 1.807) is 7.11 Å². The van der Waals surface area contributed by atoms with Crippen LogP contribution < -0.4 is 15.8 Å². The summed E-state index contributed by atoms with van der Waals surface area (Å²) in [6.07, 6.45) is 0.241. The van der Waals surface area contributed by atoms with Crippen LogP contribution in [0.1, 0.15) is 28.8 Å². The Morgan fingerprint density at radius 1 is 1.33 bits per heavy atom. The topological polar surface area (TPSA) is 73.6 Å². The number of hydrogen-bond acceptors (Lipinski definition) is 4. The van der Waals surface area contributed by atoms with Crippen molar-refractivity contribution < 1.29 is 14.3 Å². The molecule has 3 N–H and O–H groups in total. The highest BCUT2D eigenvalue weighted by Gasteiger charge is 2.28. The quantitative estimate of drug-likeness (QED) is 0.883. The molecular weight excluding hydrogens is 304 g/mol. The molecule has 3 rings (SSSR count). The first-order valence-electron chi connectivity index (χ1n) is 8.06. The number of nitrogens with one attached hydrogen (secondary N) is 1. The lowest BCUT2D eigenvalue weighted by molar-refractivity contribution is -0.134. The van der Waals surface area contributed by atoms with E-state index in [-0.39, 0.29) is 11.9 Å². The van der Waals surface area contributed by atoms with E-state index in [2.05, 4.69) is 5.32 Å². The van der Waals surface area contributed by atoms with E-state index >= 15 is 0 Å². The fourth-order valence-corrected chi connectivity index (χ4v) is 3.00. The molecule has 0 fully saturated rings. The third-order valence-electron chi connectivity index (χ3n) is 4.28. The average molecular weight is 326 g/mol. The number of carbonyl (C=O) groups is 1. The van der Waals surface area contributed by atoms with Crippen LogP contribution >= 0.6 is 0 Å². The van der Waals surface area contributed by atoms with Crippen molar-refractivity contribution >= 4 is 5.91 Å². The molecule has 126 valence electrons. The van der Waals surface area contributed by atoms with E-state index in [9.17, 15) is 4.79 Å². The number of benzene rings is 2. The monoisotopic (exact) mass is 326 g/mol. The Labute approximate surface area is 141 Å². The summed E-state index contributed by atoms with van der Waals surface area (Å²) >= 11 is 0. The highest BCUT2D eigenvalue weighted by molar-refractivity contribution is 5.83. The molecule has 1 aliphatic rings. The van der Waals surface area contributed by atoms with Crippen molar-refractivity contribution in [1.29, 1.82) is 0 Å². The largest absolute Gasteiger partial charge is 0.497 e. The number of fused-ring (bicyclic) bond motifs is 1. The first kappa shape index (κ1) is 16.5. The molecule has 0 spiro atoms. The highest BCUT2D eigenvalue weighted by Crippen LogP contribution is 2.28. The minimum atomic E-state index is -0.588. The van der Waals surface area contributed by atoms with E-state index in [1.807, 2.05) is 48.5 Å². The SMILES string of the molecule is COc1cccc(C(CN)NC(=O)C2OCCc3ccccc32)c1. The van der Waals surface area contributed by atoms with Gasteiger partial charge in [0.05, 0.1) is 19.8 Å². The van der Waals surface area contributed by atoms with E-state index < -0.39 is 6.10 Å². The van der Waals surface area contributed by atoms with E-state index in [0.29, 0.717) is 13.2 Å². The number of rotatable bonds is 5. The minimum absolute atomic E-state index is 0.166. The molecule has 0 saturated carbocycles.